The molecule has 5 heteroatoms. The standard InChI is InChI=1S/C20H26N2OS2/c1-5-20(3,4)12-7-8-13-15(10-12)25-19-16(13)18(23)21-17(22-19)14-9-6-11(2)24-14/h6,9,12,17,22H,5,7-8,10H2,1-4H3,(H,21,23)/t12-,17-/m0/s1. The molecule has 0 saturated carbocycles. The van der Waals surface area contributed by atoms with Crippen LogP contribution >= 0.6 is 22.7 Å². The Morgan fingerprint density at radius 1 is 1.24 bits per heavy atom. The Kier molecular flexibility index (Phi) is 4.19. The second-order valence-corrected chi connectivity index (χ2v) is 10.4. The smallest absolute Gasteiger partial charge is 0.256 e. The maximum atomic E-state index is 12.8. The summed E-state index contributed by atoms with van der Waals surface area (Å²) in [6, 6.07) is 4.22. The highest BCUT2D eigenvalue weighted by atomic mass is 32.1. The molecule has 2 aromatic rings. The Morgan fingerprint density at radius 2 is 2.04 bits per heavy atom. The van der Waals surface area contributed by atoms with Gasteiger partial charge in [-0.3, -0.25) is 4.79 Å². The monoisotopic (exact) mass is 374 g/mol. The molecule has 2 N–H and O–H groups in total. The van der Waals surface area contributed by atoms with Crippen LogP contribution in [0.15, 0.2) is 12.1 Å². The van der Waals surface area contributed by atoms with E-state index < -0.39 is 0 Å². The third kappa shape index (κ3) is 2.91. The summed E-state index contributed by atoms with van der Waals surface area (Å²) in [6.07, 6.45) is 4.45. The van der Waals surface area contributed by atoms with Gasteiger partial charge in [0, 0.05) is 14.6 Å². The van der Waals surface area contributed by atoms with Crippen molar-refractivity contribution in [3.63, 3.8) is 0 Å². The second-order valence-electron chi connectivity index (χ2n) is 7.99. The molecule has 1 amide bonds. The Hall–Kier alpha value is -1.33. The molecule has 2 atom stereocenters. The molecule has 4 rings (SSSR count). The zero-order valence-corrected chi connectivity index (χ0v) is 17.0. The first-order chi connectivity index (χ1) is 11.9. The number of fused-ring (bicyclic) bond motifs is 3. The number of amides is 1. The van der Waals surface area contributed by atoms with Crippen LogP contribution < -0.4 is 10.6 Å². The van der Waals surface area contributed by atoms with Crippen molar-refractivity contribution in [3.05, 3.63) is 37.9 Å². The minimum Gasteiger partial charge on any atom is -0.352 e. The highest BCUT2D eigenvalue weighted by Gasteiger charge is 2.37. The Labute approximate surface area is 157 Å². The highest BCUT2D eigenvalue weighted by Crippen LogP contribution is 2.47. The number of hydrogen-bond donors (Lipinski definition) is 2. The quantitative estimate of drug-likeness (QED) is 0.743. The molecule has 1 aliphatic heterocycles. The van der Waals surface area contributed by atoms with Crippen molar-refractivity contribution in [1.82, 2.24) is 5.32 Å². The van der Waals surface area contributed by atoms with Crippen LogP contribution in [0.1, 0.15) is 70.3 Å². The van der Waals surface area contributed by atoms with Crippen LogP contribution in [0.5, 0.6) is 0 Å². The molecule has 0 unspecified atom stereocenters. The summed E-state index contributed by atoms with van der Waals surface area (Å²) in [6.45, 7) is 9.16. The van der Waals surface area contributed by atoms with Crippen LogP contribution in [0.4, 0.5) is 5.00 Å². The van der Waals surface area contributed by atoms with Gasteiger partial charge in [-0.15, -0.1) is 22.7 Å². The fraction of sp³-hybridized carbons (Fsp3) is 0.550. The number of carbonyl (C=O) groups excluding carboxylic acids is 1. The first kappa shape index (κ1) is 17.1. The van der Waals surface area contributed by atoms with Gasteiger partial charge >= 0.3 is 0 Å². The van der Waals surface area contributed by atoms with Crippen molar-refractivity contribution in [2.24, 2.45) is 11.3 Å². The van der Waals surface area contributed by atoms with Crippen molar-refractivity contribution in [2.45, 2.75) is 59.5 Å². The summed E-state index contributed by atoms with van der Waals surface area (Å²) in [4.78, 5) is 16.7. The molecule has 25 heavy (non-hydrogen) atoms. The van der Waals surface area contributed by atoms with Crippen LogP contribution in [-0.2, 0) is 12.8 Å². The molecule has 1 aliphatic carbocycles. The van der Waals surface area contributed by atoms with E-state index in [4.69, 9.17) is 0 Å². The lowest BCUT2D eigenvalue weighted by Gasteiger charge is -2.36. The minimum absolute atomic E-state index is 0.0931. The van der Waals surface area contributed by atoms with Crippen molar-refractivity contribution >= 4 is 33.6 Å². The SMILES string of the molecule is CCC(C)(C)[C@H]1CCc2c(sc3c2C(=O)N[C@H](c2ccc(C)s2)N3)C1. The van der Waals surface area contributed by atoms with E-state index in [0.29, 0.717) is 11.3 Å². The van der Waals surface area contributed by atoms with Gasteiger partial charge in [0.1, 0.15) is 11.2 Å². The zero-order valence-electron chi connectivity index (χ0n) is 15.4. The van der Waals surface area contributed by atoms with Gasteiger partial charge in [0.25, 0.3) is 5.91 Å². The van der Waals surface area contributed by atoms with Crippen molar-refractivity contribution in [1.29, 1.82) is 0 Å². The molecule has 3 nitrogen and oxygen atoms in total. The van der Waals surface area contributed by atoms with Crippen LogP contribution in [0.25, 0.3) is 0 Å². The van der Waals surface area contributed by atoms with Gasteiger partial charge in [-0.25, -0.2) is 0 Å². The summed E-state index contributed by atoms with van der Waals surface area (Å²) >= 11 is 3.55. The van der Waals surface area contributed by atoms with E-state index in [1.807, 2.05) is 11.3 Å². The third-order valence-corrected chi connectivity index (χ3v) is 8.36. The summed E-state index contributed by atoms with van der Waals surface area (Å²) in [7, 11) is 0. The number of anilines is 1. The van der Waals surface area contributed by atoms with Gasteiger partial charge in [-0.2, -0.15) is 0 Å². The first-order valence-electron chi connectivity index (χ1n) is 9.17. The lowest BCUT2D eigenvalue weighted by atomic mass is 9.69. The normalized spacial score (nSPS) is 22.8. The fourth-order valence-electron chi connectivity index (χ4n) is 4.00. The lowest BCUT2D eigenvalue weighted by Crippen LogP contribution is -2.38. The maximum absolute atomic E-state index is 12.8. The molecule has 2 aliphatic rings. The van der Waals surface area contributed by atoms with E-state index in [-0.39, 0.29) is 12.1 Å². The molecule has 2 aromatic heterocycles. The summed E-state index contributed by atoms with van der Waals surface area (Å²) < 4.78 is 0. The fourth-order valence-corrected chi connectivity index (χ4v) is 6.24. The van der Waals surface area contributed by atoms with E-state index in [1.54, 1.807) is 11.3 Å². The highest BCUT2D eigenvalue weighted by molar-refractivity contribution is 7.17. The maximum Gasteiger partial charge on any atom is 0.256 e. The average molecular weight is 375 g/mol. The second kappa shape index (κ2) is 6.13. The predicted molar refractivity (Wildman–Crippen MR) is 107 cm³/mol. The van der Waals surface area contributed by atoms with E-state index in [2.05, 4.69) is 50.5 Å². The average Bonchev–Trinajstić information content (AvgIpc) is 3.17. The number of thiophene rings is 2. The molecule has 0 fully saturated rings. The Morgan fingerprint density at radius 3 is 2.72 bits per heavy atom. The summed E-state index contributed by atoms with van der Waals surface area (Å²) in [5.41, 5.74) is 2.58. The van der Waals surface area contributed by atoms with E-state index in [9.17, 15) is 4.79 Å². The van der Waals surface area contributed by atoms with Gasteiger partial charge in [-0.05, 0) is 55.2 Å². The molecule has 0 spiro atoms. The lowest BCUT2D eigenvalue weighted by molar-refractivity contribution is 0.0935. The van der Waals surface area contributed by atoms with Crippen LogP contribution in [0.3, 0.4) is 0 Å². The molecular weight excluding hydrogens is 348 g/mol. The van der Waals surface area contributed by atoms with E-state index >= 15 is 0 Å². The first-order valence-corrected chi connectivity index (χ1v) is 10.8. The number of aryl methyl sites for hydroxylation is 1. The molecule has 3 heterocycles. The topological polar surface area (TPSA) is 41.1 Å². The van der Waals surface area contributed by atoms with E-state index in [1.165, 1.54) is 33.0 Å². The molecule has 134 valence electrons. The predicted octanol–water partition coefficient (Wildman–Crippen LogP) is 5.51. The number of hydrogen-bond acceptors (Lipinski definition) is 4. The van der Waals surface area contributed by atoms with Gasteiger partial charge in [0.15, 0.2) is 0 Å². The third-order valence-electron chi connectivity index (χ3n) is 6.11. The van der Waals surface area contributed by atoms with Crippen LogP contribution in [-0.4, -0.2) is 5.91 Å². The summed E-state index contributed by atoms with van der Waals surface area (Å²) in [5, 5.41) is 7.81. The van der Waals surface area contributed by atoms with Crippen molar-refractivity contribution < 1.29 is 4.79 Å². The van der Waals surface area contributed by atoms with Gasteiger partial charge < -0.3 is 10.6 Å². The molecule has 0 saturated heterocycles. The Balaban J connectivity index is 1.63. The molecular formula is C20H26N2OS2. The van der Waals surface area contributed by atoms with Crippen molar-refractivity contribution in [2.75, 3.05) is 5.32 Å². The molecule has 0 aromatic carbocycles. The number of rotatable bonds is 3. The minimum atomic E-state index is -0.0957. The molecule has 0 radical (unpaired) electrons. The van der Waals surface area contributed by atoms with Crippen molar-refractivity contribution in [3.8, 4) is 0 Å². The summed E-state index contributed by atoms with van der Waals surface area (Å²) in [5.74, 6) is 0.805. The van der Waals surface area contributed by atoms with E-state index in [0.717, 1.165) is 23.4 Å². The largest absolute Gasteiger partial charge is 0.352 e. The van der Waals surface area contributed by atoms with Gasteiger partial charge in [0.2, 0.25) is 0 Å². The zero-order chi connectivity index (χ0) is 17.8. The number of carbonyl (C=O) groups is 1. The molecule has 0 bridgehead atoms. The van der Waals surface area contributed by atoms with Gasteiger partial charge in [0.05, 0.1) is 5.56 Å². The van der Waals surface area contributed by atoms with Crippen LogP contribution in [0.2, 0.25) is 0 Å². The number of nitrogens with one attached hydrogen (secondary N) is 2. The van der Waals surface area contributed by atoms with Crippen LogP contribution in [0, 0.1) is 18.3 Å². The van der Waals surface area contributed by atoms with Gasteiger partial charge in [-0.1, -0.05) is 27.2 Å². The Bertz CT molecular complexity index is 818.